The fraction of sp³-hybridized carbons (Fsp3) is 0.211. The van der Waals surface area contributed by atoms with Crippen LogP contribution >= 0.6 is 0 Å². The SMILES string of the molecule is CNS(=O)(=O)Nc1ncc(/C=C/C(=O)N(C)Cc2oc3ccccc3c2C)cn1. The number of carbonyl (C=O) groups excluding carboxylic acids is 1. The second kappa shape index (κ2) is 8.41. The van der Waals surface area contributed by atoms with Crippen molar-refractivity contribution in [1.29, 1.82) is 0 Å². The van der Waals surface area contributed by atoms with Gasteiger partial charge in [-0.15, -0.1) is 0 Å². The van der Waals surface area contributed by atoms with Crippen molar-refractivity contribution in [3.8, 4) is 0 Å². The number of likely N-dealkylation sites (N-methyl/N-ethyl adjacent to an activating group) is 1. The lowest BCUT2D eigenvalue weighted by atomic mass is 10.1. The minimum atomic E-state index is -3.68. The first-order valence-electron chi connectivity index (χ1n) is 8.72. The zero-order valence-corrected chi connectivity index (χ0v) is 17.0. The lowest BCUT2D eigenvalue weighted by Gasteiger charge is -2.13. The predicted molar refractivity (Wildman–Crippen MR) is 110 cm³/mol. The average Bonchev–Trinajstić information content (AvgIpc) is 3.02. The Morgan fingerprint density at radius 2 is 1.93 bits per heavy atom. The Balaban J connectivity index is 1.64. The number of aromatic nitrogens is 2. The van der Waals surface area contributed by atoms with E-state index in [-0.39, 0.29) is 11.9 Å². The highest BCUT2D eigenvalue weighted by Gasteiger charge is 2.14. The summed E-state index contributed by atoms with van der Waals surface area (Å²) in [6.07, 6.45) is 5.77. The number of carbonyl (C=O) groups is 1. The van der Waals surface area contributed by atoms with Crippen LogP contribution in [0.4, 0.5) is 5.95 Å². The van der Waals surface area contributed by atoms with Gasteiger partial charge in [-0.1, -0.05) is 18.2 Å². The smallest absolute Gasteiger partial charge is 0.301 e. The first kappa shape index (κ1) is 20.5. The fourth-order valence-electron chi connectivity index (χ4n) is 2.61. The Morgan fingerprint density at radius 3 is 2.59 bits per heavy atom. The first-order valence-corrected chi connectivity index (χ1v) is 10.2. The maximum absolute atomic E-state index is 12.4. The Hall–Kier alpha value is -3.24. The lowest BCUT2D eigenvalue weighted by molar-refractivity contribution is -0.125. The molecule has 2 N–H and O–H groups in total. The molecule has 1 amide bonds. The summed E-state index contributed by atoms with van der Waals surface area (Å²) in [5.74, 6) is 0.449. The molecule has 0 saturated carbocycles. The van der Waals surface area contributed by atoms with Gasteiger partial charge in [-0.3, -0.25) is 4.79 Å². The van der Waals surface area contributed by atoms with Crippen molar-refractivity contribution in [3.05, 3.63) is 59.6 Å². The number of hydrogen-bond acceptors (Lipinski definition) is 6. The van der Waals surface area contributed by atoms with E-state index < -0.39 is 10.2 Å². The van der Waals surface area contributed by atoms with Gasteiger partial charge in [-0.05, 0) is 19.1 Å². The lowest BCUT2D eigenvalue weighted by Crippen LogP contribution is -2.27. The van der Waals surface area contributed by atoms with Crippen LogP contribution in [0.25, 0.3) is 17.0 Å². The number of benzene rings is 1. The summed E-state index contributed by atoms with van der Waals surface area (Å²) in [6, 6.07) is 7.74. The van der Waals surface area contributed by atoms with Crippen LogP contribution in [-0.2, 0) is 21.5 Å². The molecule has 0 unspecified atom stereocenters. The number of nitrogens with zero attached hydrogens (tertiary/aromatic N) is 3. The molecule has 0 radical (unpaired) electrons. The molecule has 0 spiro atoms. The van der Waals surface area contributed by atoms with E-state index >= 15 is 0 Å². The Kier molecular flexibility index (Phi) is 5.95. The largest absolute Gasteiger partial charge is 0.459 e. The first-order chi connectivity index (χ1) is 13.8. The second-order valence-electron chi connectivity index (χ2n) is 6.32. The summed E-state index contributed by atoms with van der Waals surface area (Å²) >= 11 is 0. The minimum Gasteiger partial charge on any atom is -0.459 e. The molecule has 152 valence electrons. The van der Waals surface area contributed by atoms with Gasteiger partial charge in [-0.2, -0.15) is 8.42 Å². The molecule has 2 aromatic heterocycles. The standard InChI is InChI=1S/C19H21N5O4S/c1-13-15-6-4-5-7-16(15)28-17(13)12-24(3)18(25)9-8-14-10-21-19(22-11-14)23-29(26,27)20-2/h4-11,20H,12H2,1-3H3,(H,21,22,23)/b9-8+. The van der Waals surface area contributed by atoms with Crippen molar-refractivity contribution in [1.82, 2.24) is 19.6 Å². The molecular weight excluding hydrogens is 394 g/mol. The van der Waals surface area contributed by atoms with Gasteiger partial charge in [0.15, 0.2) is 0 Å². The maximum atomic E-state index is 12.4. The monoisotopic (exact) mass is 415 g/mol. The molecular formula is C19H21N5O4S. The van der Waals surface area contributed by atoms with Crippen molar-refractivity contribution in [2.24, 2.45) is 0 Å². The fourth-order valence-corrected chi connectivity index (χ4v) is 3.06. The molecule has 0 atom stereocenters. The topological polar surface area (TPSA) is 117 Å². The highest BCUT2D eigenvalue weighted by atomic mass is 32.2. The van der Waals surface area contributed by atoms with Crippen LogP contribution in [0.3, 0.4) is 0 Å². The number of fused-ring (bicyclic) bond motifs is 1. The van der Waals surface area contributed by atoms with E-state index in [4.69, 9.17) is 4.42 Å². The van der Waals surface area contributed by atoms with Crippen molar-refractivity contribution >= 4 is 39.1 Å². The zero-order chi connectivity index (χ0) is 21.0. The summed E-state index contributed by atoms with van der Waals surface area (Å²) in [5.41, 5.74) is 2.36. The van der Waals surface area contributed by atoms with E-state index in [9.17, 15) is 13.2 Å². The number of amides is 1. The highest BCUT2D eigenvalue weighted by Crippen LogP contribution is 2.25. The van der Waals surface area contributed by atoms with E-state index in [1.54, 1.807) is 13.1 Å². The third kappa shape index (κ3) is 4.98. The van der Waals surface area contributed by atoms with Gasteiger partial charge in [0.1, 0.15) is 11.3 Å². The predicted octanol–water partition coefficient (Wildman–Crippen LogP) is 2.08. The molecule has 2 heterocycles. The van der Waals surface area contributed by atoms with E-state index in [0.717, 1.165) is 22.3 Å². The molecule has 0 aliphatic rings. The normalized spacial score (nSPS) is 11.8. The molecule has 0 aliphatic heterocycles. The van der Waals surface area contributed by atoms with Crippen molar-refractivity contribution in [3.63, 3.8) is 0 Å². The molecule has 0 fully saturated rings. The molecule has 1 aromatic carbocycles. The number of para-hydroxylation sites is 1. The van der Waals surface area contributed by atoms with E-state index in [1.165, 1.54) is 30.4 Å². The van der Waals surface area contributed by atoms with Crippen LogP contribution < -0.4 is 9.44 Å². The summed E-state index contributed by atoms with van der Waals surface area (Å²) < 4.78 is 32.9. The number of furan rings is 1. The van der Waals surface area contributed by atoms with Crippen LogP contribution in [0.15, 0.2) is 47.2 Å². The van der Waals surface area contributed by atoms with E-state index in [2.05, 4.69) is 19.4 Å². The van der Waals surface area contributed by atoms with Gasteiger partial charge in [0, 0.05) is 49.1 Å². The van der Waals surface area contributed by atoms with Crippen LogP contribution in [-0.4, -0.2) is 43.3 Å². The number of anilines is 1. The Morgan fingerprint density at radius 1 is 1.24 bits per heavy atom. The zero-order valence-electron chi connectivity index (χ0n) is 16.2. The molecule has 9 nitrogen and oxygen atoms in total. The van der Waals surface area contributed by atoms with Crippen molar-refractivity contribution in [2.45, 2.75) is 13.5 Å². The van der Waals surface area contributed by atoms with Gasteiger partial charge >= 0.3 is 10.2 Å². The molecule has 0 bridgehead atoms. The van der Waals surface area contributed by atoms with Crippen LogP contribution in [0, 0.1) is 6.92 Å². The molecule has 3 rings (SSSR count). The quantitative estimate of drug-likeness (QED) is 0.571. The summed E-state index contributed by atoms with van der Waals surface area (Å²) in [6.45, 7) is 2.31. The third-order valence-electron chi connectivity index (χ3n) is 4.28. The number of hydrogen-bond donors (Lipinski definition) is 2. The molecule has 0 aliphatic carbocycles. The minimum absolute atomic E-state index is 0.0692. The highest BCUT2D eigenvalue weighted by molar-refractivity contribution is 7.90. The number of rotatable bonds is 7. The van der Waals surface area contributed by atoms with Gasteiger partial charge in [0.2, 0.25) is 11.9 Å². The summed E-state index contributed by atoms with van der Waals surface area (Å²) in [7, 11) is -0.720. The average molecular weight is 415 g/mol. The Bertz CT molecular complexity index is 1150. The molecule has 10 heteroatoms. The van der Waals surface area contributed by atoms with Crippen LogP contribution in [0.5, 0.6) is 0 Å². The Labute approximate surface area is 168 Å². The van der Waals surface area contributed by atoms with Gasteiger partial charge in [0.25, 0.3) is 0 Å². The van der Waals surface area contributed by atoms with Crippen molar-refractivity contribution in [2.75, 3.05) is 18.8 Å². The molecule has 29 heavy (non-hydrogen) atoms. The number of aryl methyl sites for hydroxylation is 1. The van der Waals surface area contributed by atoms with Crippen LogP contribution in [0.1, 0.15) is 16.9 Å². The molecule has 3 aromatic rings. The van der Waals surface area contributed by atoms with Crippen LogP contribution in [0.2, 0.25) is 0 Å². The van der Waals surface area contributed by atoms with Crippen molar-refractivity contribution < 1.29 is 17.6 Å². The van der Waals surface area contributed by atoms with E-state index in [0.29, 0.717) is 12.1 Å². The number of nitrogens with one attached hydrogen (secondary N) is 2. The molecule has 0 saturated heterocycles. The summed E-state index contributed by atoms with van der Waals surface area (Å²) in [5, 5.41) is 1.03. The van der Waals surface area contributed by atoms with Gasteiger partial charge in [-0.25, -0.2) is 19.4 Å². The van der Waals surface area contributed by atoms with Gasteiger partial charge in [0.05, 0.1) is 6.54 Å². The maximum Gasteiger partial charge on any atom is 0.301 e. The van der Waals surface area contributed by atoms with E-state index in [1.807, 2.05) is 31.2 Å². The summed E-state index contributed by atoms with van der Waals surface area (Å²) in [4.78, 5) is 21.7. The van der Waals surface area contributed by atoms with Gasteiger partial charge < -0.3 is 9.32 Å². The third-order valence-corrected chi connectivity index (χ3v) is 5.27. The second-order valence-corrected chi connectivity index (χ2v) is 7.94.